The van der Waals surface area contributed by atoms with Gasteiger partial charge in [-0.05, 0) is 68.5 Å². The first-order chi connectivity index (χ1) is 13.7. The molecule has 4 rings (SSSR count). The van der Waals surface area contributed by atoms with Crippen molar-refractivity contribution < 1.29 is 4.79 Å². The van der Waals surface area contributed by atoms with E-state index in [2.05, 4.69) is 53.3 Å². The van der Waals surface area contributed by atoms with Crippen LogP contribution in [0.25, 0.3) is 10.9 Å². The number of fused-ring (bicyclic) bond motifs is 5. The number of aromatic amines is 1. The van der Waals surface area contributed by atoms with E-state index in [-0.39, 0.29) is 5.91 Å². The van der Waals surface area contributed by atoms with Crippen molar-refractivity contribution in [2.45, 2.75) is 71.3 Å². The maximum atomic E-state index is 11.8. The van der Waals surface area contributed by atoms with Crippen LogP contribution in [0, 0.1) is 5.41 Å². The molecule has 1 fully saturated rings. The Balaban J connectivity index is 1.57. The maximum absolute atomic E-state index is 11.8. The molecular weight excluding hydrogens is 346 g/mol. The lowest BCUT2D eigenvalue weighted by Gasteiger charge is -2.52. The van der Waals surface area contributed by atoms with Gasteiger partial charge in [-0.15, -0.1) is 0 Å². The summed E-state index contributed by atoms with van der Waals surface area (Å²) in [5.74, 6) is 0.203. The van der Waals surface area contributed by atoms with E-state index in [1.807, 2.05) is 0 Å². The fourth-order valence-electron chi connectivity index (χ4n) is 5.79. The van der Waals surface area contributed by atoms with Gasteiger partial charge in [0.25, 0.3) is 0 Å². The fourth-order valence-corrected chi connectivity index (χ4v) is 5.79. The van der Waals surface area contributed by atoms with Crippen LogP contribution in [0.4, 0.5) is 0 Å². The van der Waals surface area contributed by atoms with Gasteiger partial charge in [0.2, 0.25) is 5.91 Å². The van der Waals surface area contributed by atoms with Crippen molar-refractivity contribution in [1.82, 2.24) is 15.2 Å². The molecule has 2 N–H and O–H groups in total. The summed E-state index contributed by atoms with van der Waals surface area (Å²) >= 11 is 0. The molecule has 3 heterocycles. The highest BCUT2D eigenvalue weighted by molar-refractivity contribution is 5.85. The van der Waals surface area contributed by atoms with Crippen LogP contribution < -0.4 is 5.32 Å². The lowest BCUT2D eigenvalue weighted by Crippen LogP contribution is -2.49. The average Bonchev–Trinajstić information content (AvgIpc) is 3.10. The first-order valence-electron chi connectivity index (χ1n) is 11.3. The van der Waals surface area contributed by atoms with Crippen molar-refractivity contribution in [3.8, 4) is 0 Å². The maximum Gasteiger partial charge on any atom is 0.219 e. The molecule has 4 nitrogen and oxygen atoms in total. The second kappa shape index (κ2) is 8.28. The van der Waals surface area contributed by atoms with Crippen LogP contribution in [0.5, 0.6) is 0 Å². The molecule has 2 atom stereocenters. The molecule has 0 radical (unpaired) electrons. The van der Waals surface area contributed by atoms with Crippen molar-refractivity contribution in [3.05, 3.63) is 35.5 Å². The van der Waals surface area contributed by atoms with Gasteiger partial charge < -0.3 is 10.3 Å². The molecule has 1 aromatic heterocycles. The summed E-state index contributed by atoms with van der Waals surface area (Å²) in [6.07, 6.45) is 8.77. The first-order valence-corrected chi connectivity index (χ1v) is 11.3. The number of amides is 1. The number of nitrogens with one attached hydrogen (secondary N) is 2. The number of benzene rings is 1. The monoisotopic (exact) mass is 381 g/mol. The number of piperidine rings is 1. The van der Waals surface area contributed by atoms with E-state index < -0.39 is 0 Å². The number of para-hydroxylation sites is 1. The van der Waals surface area contributed by atoms with Crippen LogP contribution in [0.2, 0.25) is 0 Å². The Morgan fingerprint density at radius 1 is 1.29 bits per heavy atom. The number of hydrogen-bond acceptors (Lipinski definition) is 2. The lowest BCUT2D eigenvalue weighted by molar-refractivity contribution is -0.121. The molecule has 28 heavy (non-hydrogen) atoms. The summed E-state index contributed by atoms with van der Waals surface area (Å²) in [5.41, 5.74) is 4.62. The number of hydrogen-bond donors (Lipinski definition) is 2. The summed E-state index contributed by atoms with van der Waals surface area (Å²) < 4.78 is 0. The van der Waals surface area contributed by atoms with Gasteiger partial charge in [0.1, 0.15) is 0 Å². The third-order valence-electron chi connectivity index (χ3n) is 7.19. The average molecular weight is 382 g/mol. The molecule has 2 aliphatic heterocycles. The standard InChI is InChI=1S/C24H35N3O/c1-3-9-21(28)25-15-7-13-24(4-2)14-8-16-27-17-12-19-18-10-5-6-11-20(18)26-22(19)23(24)27/h5-6,10-11,23,26H,3-4,7-9,12-17H2,1-2H3,(H,25,28). The minimum absolute atomic E-state index is 0.203. The summed E-state index contributed by atoms with van der Waals surface area (Å²) in [7, 11) is 0. The Morgan fingerprint density at radius 2 is 2.14 bits per heavy atom. The molecular formula is C24H35N3O. The van der Waals surface area contributed by atoms with Crippen LogP contribution >= 0.6 is 0 Å². The molecule has 1 amide bonds. The molecule has 0 bridgehead atoms. The van der Waals surface area contributed by atoms with E-state index >= 15 is 0 Å². The van der Waals surface area contributed by atoms with Crippen molar-refractivity contribution >= 4 is 16.8 Å². The molecule has 0 spiro atoms. The fraction of sp³-hybridized carbons (Fsp3) is 0.625. The Hall–Kier alpha value is -1.81. The van der Waals surface area contributed by atoms with Gasteiger partial charge in [0, 0.05) is 36.1 Å². The summed E-state index contributed by atoms with van der Waals surface area (Å²) in [5, 5.41) is 4.53. The zero-order valence-electron chi connectivity index (χ0n) is 17.5. The second-order valence-corrected chi connectivity index (χ2v) is 8.77. The second-order valence-electron chi connectivity index (χ2n) is 8.77. The van der Waals surface area contributed by atoms with Gasteiger partial charge in [-0.2, -0.15) is 0 Å². The SMILES string of the molecule is CCCC(=O)NCCCC1(CC)CCCN2CCc3c([nH]c4ccccc34)C21. The number of carbonyl (C=O) groups excluding carboxylic acids is 1. The van der Waals surface area contributed by atoms with Crippen LogP contribution in [-0.4, -0.2) is 35.4 Å². The Morgan fingerprint density at radius 3 is 2.96 bits per heavy atom. The Kier molecular flexibility index (Phi) is 5.77. The van der Waals surface area contributed by atoms with Crippen molar-refractivity contribution in [2.75, 3.05) is 19.6 Å². The zero-order valence-corrected chi connectivity index (χ0v) is 17.5. The predicted molar refractivity (Wildman–Crippen MR) is 115 cm³/mol. The molecule has 4 heteroatoms. The quantitative estimate of drug-likeness (QED) is 0.666. The highest BCUT2D eigenvalue weighted by Gasteiger charge is 2.46. The van der Waals surface area contributed by atoms with Gasteiger partial charge in [-0.3, -0.25) is 9.69 Å². The summed E-state index contributed by atoms with van der Waals surface area (Å²) in [4.78, 5) is 18.4. The molecule has 1 aromatic carbocycles. The summed E-state index contributed by atoms with van der Waals surface area (Å²) in [6, 6.07) is 9.29. The molecule has 2 unspecified atom stereocenters. The number of carbonyl (C=O) groups is 1. The van der Waals surface area contributed by atoms with E-state index in [1.165, 1.54) is 55.4 Å². The molecule has 152 valence electrons. The van der Waals surface area contributed by atoms with E-state index in [0.29, 0.717) is 17.9 Å². The number of H-pyrrole nitrogens is 1. The van der Waals surface area contributed by atoms with Gasteiger partial charge in [-0.25, -0.2) is 0 Å². The van der Waals surface area contributed by atoms with Crippen molar-refractivity contribution in [1.29, 1.82) is 0 Å². The van der Waals surface area contributed by atoms with E-state index in [4.69, 9.17) is 0 Å². The first kappa shape index (κ1) is 19.5. The molecule has 0 aliphatic carbocycles. The predicted octanol–water partition coefficient (Wildman–Crippen LogP) is 4.95. The number of rotatable bonds is 7. The molecule has 2 aromatic rings. The minimum atomic E-state index is 0.203. The topological polar surface area (TPSA) is 48.1 Å². The lowest BCUT2D eigenvalue weighted by atomic mass is 9.65. The van der Waals surface area contributed by atoms with Crippen LogP contribution in [-0.2, 0) is 11.2 Å². The van der Waals surface area contributed by atoms with Crippen molar-refractivity contribution in [2.24, 2.45) is 5.41 Å². The highest BCUT2D eigenvalue weighted by atomic mass is 16.1. The van der Waals surface area contributed by atoms with Crippen LogP contribution in [0.15, 0.2) is 24.3 Å². The van der Waals surface area contributed by atoms with E-state index in [9.17, 15) is 4.79 Å². The van der Waals surface area contributed by atoms with Crippen molar-refractivity contribution in [3.63, 3.8) is 0 Å². The van der Waals surface area contributed by atoms with Gasteiger partial charge in [0.15, 0.2) is 0 Å². The summed E-state index contributed by atoms with van der Waals surface area (Å²) in [6.45, 7) is 7.63. The van der Waals surface area contributed by atoms with E-state index in [1.54, 1.807) is 5.56 Å². The molecule has 2 aliphatic rings. The minimum Gasteiger partial charge on any atom is -0.357 e. The van der Waals surface area contributed by atoms with Crippen LogP contribution in [0.1, 0.15) is 76.1 Å². The number of nitrogens with zero attached hydrogens (tertiary/aromatic N) is 1. The third-order valence-corrected chi connectivity index (χ3v) is 7.19. The van der Waals surface area contributed by atoms with Gasteiger partial charge in [0.05, 0.1) is 6.04 Å². The van der Waals surface area contributed by atoms with Gasteiger partial charge in [-0.1, -0.05) is 32.0 Å². The Bertz CT molecular complexity index is 826. The van der Waals surface area contributed by atoms with Gasteiger partial charge >= 0.3 is 0 Å². The van der Waals surface area contributed by atoms with E-state index in [0.717, 1.165) is 25.8 Å². The number of aromatic nitrogens is 1. The highest BCUT2D eigenvalue weighted by Crippen LogP contribution is 2.53. The zero-order chi connectivity index (χ0) is 19.6. The molecule has 0 saturated carbocycles. The third kappa shape index (κ3) is 3.47. The van der Waals surface area contributed by atoms with Crippen LogP contribution in [0.3, 0.4) is 0 Å². The molecule has 1 saturated heterocycles. The largest absolute Gasteiger partial charge is 0.357 e. The normalized spacial score (nSPS) is 24.7. The Labute approximate surface area is 169 Å². The smallest absolute Gasteiger partial charge is 0.219 e.